The van der Waals surface area contributed by atoms with Crippen molar-refractivity contribution >= 4 is 11.9 Å². The fourth-order valence-corrected chi connectivity index (χ4v) is 1.81. The maximum atomic E-state index is 11.3. The average molecular weight is 286 g/mol. The van der Waals surface area contributed by atoms with Crippen molar-refractivity contribution < 1.29 is 19.1 Å². The second-order valence-corrected chi connectivity index (χ2v) is 5.50. The number of unbranched alkanes of at least 4 members (excludes halogenated alkanes) is 5. The van der Waals surface area contributed by atoms with Crippen molar-refractivity contribution in [3.63, 3.8) is 0 Å². The molecule has 0 aromatic carbocycles. The molecule has 0 aromatic heterocycles. The highest BCUT2D eigenvalue weighted by Gasteiger charge is 2.04. The molecular weight excluding hydrogens is 256 g/mol. The summed E-state index contributed by atoms with van der Waals surface area (Å²) in [5.74, 6) is 0.222. The second kappa shape index (κ2) is 12.9. The molecule has 0 rings (SSSR count). The van der Waals surface area contributed by atoms with E-state index >= 15 is 0 Å². The van der Waals surface area contributed by atoms with Crippen LogP contribution >= 0.6 is 0 Å². The van der Waals surface area contributed by atoms with Crippen LogP contribution in [-0.2, 0) is 19.1 Å². The zero-order valence-corrected chi connectivity index (χ0v) is 13.3. The fourth-order valence-electron chi connectivity index (χ4n) is 1.81. The first kappa shape index (κ1) is 18.9. The number of esters is 2. The van der Waals surface area contributed by atoms with Gasteiger partial charge in [0.1, 0.15) is 0 Å². The van der Waals surface area contributed by atoms with Crippen molar-refractivity contribution in [3.8, 4) is 0 Å². The average Bonchev–Trinajstić information content (AvgIpc) is 2.39. The first-order valence-electron chi connectivity index (χ1n) is 7.87. The summed E-state index contributed by atoms with van der Waals surface area (Å²) < 4.78 is 9.97. The smallest absolute Gasteiger partial charge is 0.305 e. The third-order valence-corrected chi connectivity index (χ3v) is 2.89. The number of hydrogen-bond acceptors (Lipinski definition) is 4. The van der Waals surface area contributed by atoms with Crippen LogP contribution in [0.4, 0.5) is 0 Å². The van der Waals surface area contributed by atoms with E-state index in [1.807, 2.05) is 20.8 Å². The molecule has 4 heteroatoms. The Morgan fingerprint density at radius 2 is 1.25 bits per heavy atom. The van der Waals surface area contributed by atoms with Gasteiger partial charge in [0, 0.05) is 12.8 Å². The lowest BCUT2D eigenvalue weighted by Gasteiger charge is -2.06. The highest BCUT2D eigenvalue weighted by molar-refractivity contribution is 5.69. The Balaban J connectivity index is 3.24. The van der Waals surface area contributed by atoms with Crippen molar-refractivity contribution in [2.24, 2.45) is 5.92 Å². The number of carbonyl (C=O) groups excluding carboxylic acids is 2. The Morgan fingerprint density at radius 3 is 1.70 bits per heavy atom. The Bertz CT molecular complexity index is 261. The SMILES string of the molecule is CCOC(=O)CCCCCCCCC(=O)OCC(C)C. The summed E-state index contributed by atoms with van der Waals surface area (Å²) in [7, 11) is 0. The molecule has 0 saturated heterocycles. The number of carbonyl (C=O) groups is 2. The quantitative estimate of drug-likeness (QED) is 0.404. The van der Waals surface area contributed by atoms with Crippen LogP contribution in [0, 0.1) is 5.92 Å². The van der Waals surface area contributed by atoms with Gasteiger partial charge in [0.15, 0.2) is 0 Å². The van der Waals surface area contributed by atoms with Crippen molar-refractivity contribution in [2.75, 3.05) is 13.2 Å². The number of rotatable bonds is 12. The summed E-state index contributed by atoms with van der Waals surface area (Å²) in [6.07, 6.45) is 7.17. The summed E-state index contributed by atoms with van der Waals surface area (Å²) in [4.78, 5) is 22.4. The maximum absolute atomic E-state index is 11.3. The Morgan fingerprint density at radius 1 is 0.800 bits per heavy atom. The molecule has 0 aliphatic rings. The molecule has 20 heavy (non-hydrogen) atoms. The second-order valence-electron chi connectivity index (χ2n) is 5.50. The molecule has 0 radical (unpaired) electrons. The van der Waals surface area contributed by atoms with Crippen LogP contribution in [0.15, 0.2) is 0 Å². The van der Waals surface area contributed by atoms with Crippen LogP contribution in [0.3, 0.4) is 0 Å². The van der Waals surface area contributed by atoms with Crippen LogP contribution in [-0.4, -0.2) is 25.2 Å². The van der Waals surface area contributed by atoms with Gasteiger partial charge in [-0.3, -0.25) is 9.59 Å². The van der Waals surface area contributed by atoms with Gasteiger partial charge in [-0.2, -0.15) is 0 Å². The molecule has 0 saturated carbocycles. The Kier molecular flexibility index (Phi) is 12.3. The van der Waals surface area contributed by atoms with Gasteiger partial charge in [0.05, 0.1) is 13.2 Å². The van der Waals surface area contributed by atoms with Gasteiger partial charge in [0.25, 0.3) is 0 Å². The minimum Gasteiger partial charge on any atom is -0.466 e. The molecule has 118 valence electrons. The van der Waals surface area contributed by atoms with E-state index in [1.165, 1.54) is 0 Å². The molecule has 0 aliphatic heterocycles. The van der Waals surface area contributed by atoms with Crippen LogP contribution in [0.2, 0.25) is 0 Å². The van der Waals surface area contributed by atoms with Crippen molar-refractivity contribution in [1.82, 2.24) is 0 Å². The molecule has 0 spiro atoms. The lowest BCUT2D eigenvalue weighted by atomic mass is 10.1. The summed E-state index contributed by atoms with van der Waals surface area (Å²) >= 11 is 0. The monoisotopic (exact) mass is 286 g/mol. The molecule has 0 heterocycles. The Labute approximate surface area is 123 Å². The van der Waals surface area contributed by atoms with Crippen LogP contribution in [0.5, 0.6) is 0 Å². The molecule has 0 aromatic rings. The van der Waals surface area contributed by atoms with Gasteiger partial charge in [0.2, 0.25) is 0 Å². The van der Waals surface area contributed by atoms with Gasteiger partial charge >= 0.3 is 11.9 Å². The topological polar surface area (TPSA) is 52.6 Å². The molecular formula is C16H30O4. The van der Waals surface area contributed by atoms with Gasteiger partial charge in [-0.25, -0.2) is 0 Å². The third kappa shape index (κ3) is 13.4. The molecule has 0 fully saturated rings. The summed E-state index contributed by atoms with van der Waals surface area (Å²) in [5, 5.41) is 0. The third-order valence-electron chi connectivity index (χ3n) is 2.89. The van der Waals surface area contributed by atoms with E-state index in [2.05, 4.69) is 0 Å². The van der Waals surface area contributed by atoms with E-state index in [9.17, 15) is 9.59 Å². The van der Waals surface area contributed by atoms with Gasteiger partial charge in [-0.15, -0.1) is 0 Å². The standard InChI is InChI=1S/C16H30O4/c1-4-19-15(17)11-9-7-5-6-8-10-12-16(18)20-13-14(2)3/h14H,4-13H2,1-3H3. The minimum absolute atomic E-state index is 0.0824. The highest BCUT2D eigenvalue weighted by atomic mass is 16.5. The number of hydrogen-bond donors (Lipinski definition) is 0. The van der Waals surface area contributed by atoms with E-state index in [0.717, 1.165) is 38.5 Å². The molecule has 0 unspecified atom stereocenters. The zero-order chi connectivity index (χ0) is 15.2. The molecule has 0 bridgehead atoms. The molecule has 4 nitrogen and oxygen atoms in total. The zero-order valence-electron chi connectivity index (χ0n) is 13.3. The molecule has 0 amide bonds. The molecule has 0 aliphatic carbocycles. The highest BCUT2D eigenvalue weighted by Crippen LogP contribution is 2.09. The van der Waals surface area contributed by atoms with Gasteiger partial charge in [-0.05, 0) is 25.7 Å². The maximum Gasteiger partial charge on any atom is 0.305 e. The lowest BCUT2D eigenvalue weighted by molar-refractivity contribution is -0.145. The van der Waals surface area contributed by atoms with E-state index in [-0.39, 0.29) is 11.9 Å². The van der Waals surface area contributed by atoms with Crippen molar-refractivity contribution in [1.29, 1.82) is 0 Å². The van der Waals surface area contributed by atoms with E-state index in [0.29, 0.717) is 32.0 Å². The predicted octanol–water partition coefficient (Wildman–Crippen LogP) is 3.87. The van der Waals surface area contributed by atoms with Gasteiger partial charge < -0.3 is 9.47 Å². The first-order chi connectivity index (χ1) is 9.56. The largest absolute Gasteiger partial charge is 0.466 e. The predicted molar refractivity (Wildman–Crippen MR) is 79.4 cm³/mol. The Hall–Kier alpha value is -1.06. The molecule has 0 atom stereocenters. The van der Waals surface area contributed by atoms with Crippen molar-refractivity contribution in [2.45, 2.75) is 72.1 Å². The summed E-state index contributed by atoms with van der Waals surface area (Å²) in [6, 6.07) is 0. The van der Waals surface area contributed by atoms with Crippen molar-refractivity contribution in [3.05, 3.63) is 0 Å². The number of ether oxygens (including phenoxy) is 2. The summed E-state index contributed by atoms with van der Waals surface area (Å²) in [5.41, 5.74) is 0. The van der Waals surface area contributed by atoms with E-state index < -0.39 is 0 Å². The lowest BCUT2D eigenvalue weighted by Crippen LogP contribution is -2.09. The van der Waals surface area contributed by atoms with Gasteiger partial charge in [-0.1, -0.05) is 39.5 Å². The molecule has 0 N–H and O–H groups in total. The first-order valence-corrected chi connectivity index (χ1v) is 7.87. The van der Waals surface area contributed by atoms with E-state index in [1.54, 1.807) is 0 Å². The van der Waals surface area contributed by atoms with Crippen LogP contribution in [0.1, 0.15) is 72.1 Å². The normalized spacial score (nSPS) is 10.6. The van der Waals surface area contributed by atoms with E-state index in [4.69, 9.17) is 9.47 Å². The van der Waals surface area contributed by atoms with Crippen LogP contribution < -0.4 is 0 Å². The summed E-state index contributed by atoms with van der Waals surface area (Å²) in [6.45, 7) is 6.87. The van der Waals surface area contributed by atoms with Crippen LogP contribution in [0.25, 0.3) is 0 Å². The minimum atomic E-state index is -0.0969. The fraction of sp³-hybridized carbons (Fsp3) is 0.875.